The molecule has 0 unspecified atom stereocenters. The molecule has 0 saturated heterocycles. The molecule has 1 aliphatic heterocycles. The van der Waals surface area contributed by atoms with Crippen LogP contribution in [0.1, 0.15) is 61.0 Å². The first-order valence-corrected chi connectivity index (χ1v) is 10.0. The third-order valence-electron chi connectivity index (χ3n) is 4.42. The summed E-state index contributed by atoms with van der Waals surface area (Å²) in [5.74, 6) is 0.636. The van der Waals surface area contributed by atoms with E-state index in [0.29, 0.717) is 19.0 Å². The van der Waals surface area contributed by atoms with Crippen molar-refractivity contribution in [2.45, 2.75) is 46.0 Å². The number of fused-ring (bicyclic) bond motifs is 1. The van der Waals surface area contributed by atoms with Crippen LogP contribution in [0.25, 0.3) is 6.08 Å². The number of benzene rings is 2. The SMILES string of the molecule is C1=Cc2ccccc2OC1.CCCCOc1c(CCCC)cccc1C(=O)O. The van der Waals surface area contributed by atoms with Crippen LogP contribution in [0.15, 0.2) is 48.5 Å². The first-order valence-electron chi connectivity index (χ1n) is 10.0. The lowest BCUT2D eigenvalue weighted by atomic mass is 10.0. The van der Waals surface area contributed by atoms with E-state index in [9.17, 15) is 9.90 Å². The first-order chi connectivity index (χ1) is 13.7. The van der Waals surface area contributed by atoms with Crippen molar-refractivity contribution < 1.29 is 19.4 Å². The number of aromatic carboxylic acids is 1. The summed E-state index contributed by atoms with van der Waals surface area (Å²) in [5.41, 5.74) is 2.46. The first kappa shape index (κ1) is 21.5. The quantitative estimate of drug-likeness (QED) is 0.569. The normalized spacial score (nSPS) is 11.6. The number of carboxylic acids is 1. The van der Waals surface area contributed by atoms with Gasteiger partial charge < -0.3 is 14.6 Å². The van der Waals surface area contributed by atoms with Crippen LogP contribution in [0.4, 0.5) is 0 Å². The molecule has 1 heterocycles. The molecule has 0 aromatic heterocycles. The molecular formula is C24H30O4. The second kappa shape index (κ2) is 11.9. The van der Waals surface area contributed by atoms with Gasteiger partial charge in [0, 0.05) is 5.56 Å². The van der Waals surface area contributed by atoms with Crippen LogP contribution in [0.3, 0.4) is 0 Å². The lowest BCUT2D eigenvalue weighted by Crippen LogP contribution is -2.07. The number of hydrogen-bond acceptors (Lipinski definition) is 3. The highest BCUT2D eigenvalue weighted by molar-refractivity contribution is 5.91. The Labute approximate surface area is 167 Å². The average Bonchev–Trinajstić information content (AvgIpc) is 2.73. The lowest BCUT2D eigenvalue weighted by molar-refractivity contribution is 0.0692. The minimum Gasteiger partial charge on any atom is -0.492 e. The van der Waals surface area contributed by atoms with E-state index in [0.717, 1.165) is 43.4 Å². The Morgan fingerprint density at radius 3 is 2.57 bits per heavy atom. The van der Waals surface area contributed by atoms with E-state index >= 15 is 0 Å². The fraction of sp³-hybridized carbons (Fsp3) is 0.375. The fourth-order valence-electron chi connectivity index (χ4n) is 2.87. The van der Waals surface area contributed by atoms with Gasteiger partial charge in [-0.05, 0) is 43.0 Å². The maximum Gasteiger partial charge on any atom is 0.339 e. The zero-order valence-corrected chi connectivity index (χ0v) is 16.8. The molecule has 3 rings (SSSR count). The van der Waals surface area contributed by atoms with Gasteiger partial charge in [0.2, 0.25) is 0 Å². The predicted octanol–water partition coefficient (Wildman–Crippen LogP) is 6.00. The molecule has 0 spiro atoms. The van der Waals surface area contributed by atoms with Crippen molar-refractivity contribution in [1.82, 2.24) is 0 Å². The molecule has 0 fully saturated rings. The molecule has 4 nitrogen and oxygen atoms in total. The van der Waals surface area contributed by atoms with E-state index in [2.05, 4.69) is 19.9 Å². The maximum absolute atomic E-state index is 11.2. The minimum absolute atomic E-state index is 0.278. The van der Waals surface area contributed by atoms with Gasteiger partial charge in [-0.3, -0.25) is 0 Å². The summed E-state index contributed by atoms with van der Waals surface area (Å²) in [6.45, 7) is 5.50. The molecule has 2 aromatic carbocycles. The number of carbonyl (C=O) groups is 1. The van der Waals surface area contributed by atoms with Crippen molar-refractivity contribution in [2.24, 2.45) is 0 Å². The van der Waals surface area contributed by atoms with E-state index in [1.54, 1.807) is 12.1 Å². The van der Waals surface area contributed by atoms with Crippen LogP contribution in [-0.2, 0) is 6.42 Å². The van der Waals surface area contributed by atoms with Gasteiger partial charge in [0.25, 0.3) is 0 Å². The number of unbranched alkanes of at least 4 members (excludes halogenated alkanes) is 2. The van der Waals surface area contributed by atoms with E-state index in [1.807, 2.05) is 36.4 Å². The van der Waals surface area contributed by atoms with E-state index in [-0.39, 0.29) is 5.56 Å². The zero-order chi connectivity index (χ0) is 20.2. The molecule has 28 heavy (non-hydrogen) atoms. The van der Waals surface area contributed by atoms with E-state index < -0.39 is 5.97 Å². The summed E-state index contributed by atoms with van der Waals surface area (Å²) in [6.07, 6.45) is 9.10. The molecule has 1 aliphatic rings. The molecule has 2 aromatic rings. The molecule has 0 atom stereocenters. The third-order valence-corrected chi connectivity index (χ3v) is 4.42. The molecule has 150 valence electrons. The Morgan fingerprint density at radius 2 is 1.86 bits per heavy atom. The average molecular weight is 383 g/mol. The van der Waals surface area contributed by atoms with Crippen molar-refractivity contribution in [2.75, 3.05) is 13.2 Å². The van der Waals surface area contributed by atoms with E-state index in [1.165, 1.54) is 5.56 Å². The van der Waals surface area contributed by atoms with Crippen LogP contribution >= 0.6 is 0 Å². The summed E-state index contributed by atoms with van der Waals surface area (Å²) >= 11 is 0. The van der Waals surface area contributed by atoms with Gasteiger partial charge in [0.1, 0.15) is 23.7 Å². The molecular weight excluding hydrogens is 352 g/mol. The summed E-state index contributed by atoms with van der Waals surface area (Å²) in [4.78, 5) is 11.2. The standard InChI is InChI=1S/C15H22O3.C9H8O/c1-3-5-8-12-9-7-10-13(15(16)17)14(12)18-11-6-4-2;1-2-6-9-8(4-1)5-3-7-10-9/h7,9-10H,3-6,8,11H2,1-2H3,(H,16,17);1-6H,7H2. The number of rotatable bonds is 8. The fourth-order valence-corrected chi connectivity index (χ4v) is 2.87. The smallest absolute Gasteiger partial charge is 0.339 e. The Balaban J connectivity index is 0.000000233. The molecule has 0 aliphatic carbocycles. The molecule has 0 amide bonds. The van der Waals surface area contributed by atoms with Gasteiger partial charge in [-0.2, -0.15) is 0 Å². The van der Waals surface area contributed by atoms with Crippen LogP contribution in [0.5, 0.6) is 11.5 Å². The second-order valence-corrected chi connectivity index (χ2v) is 6.66. The molecule has 0 radical (unpaired) electrons. The third kappa shape index (κ3) is 6.45. The van der Waals surface area contributed by atoms with Crippen LogP contribution < -0.4 is 9.47 Å². The van der Waals surface area contributed by atoms with Crippen molar-refractivity contribution in [3.05, 3.63) is 65.2 Å². The highest BCUT2D eigenvalue weighted by atomic mass is 16.5. The van der Waals surface area contributed by atoms with Crippen LogP contribution in [-0.4, -0.2) is 24.3 Å². The molecule has 0 bridgehead atoms. The number of para-hydroxylation sites is 2. The highest BCUT2D eigenvalue weighted by Crippen LogP contribution is 2.26. The zero-order valence-electron chi connectivity index (χ0n) is 16.8. The largest absolute Gasteiger partial charge is 0.492 e. The lowest BCUT2D eigenvalue weighted by Gasteiger charge is -2.13. The summed E-state index contributed by atoms with van der Waals surface area (Å²) < 4.78 is 11.0. The summed E-state index contributed by atoms with van der Waals surface area (Å²) in [5, 5.41) is 9.19. The number of ether oxygens (including phenoxy) is 2. The predicted molar refractivity (Wildman–Crippen MR) is 113 cm³/mol. The second-order valence-electron chi connectivity index (χ2n) is 6.66. The highest BCUT2D eigenvalue weighted by Gasteiger charge is 2.14. The summed E-state index contributed by atoms with van der Waals surface area (Å²) in [7, 11) is 0. The van der Waals surface area contributed by atoms with Gasteiger partial charge in [-0.25, -0.2) is 4.79 Å². The van der Waals surface area contributed by atoms with Crippen molar-refractivity contribution in [1.29, 1.82) is 0 Å². The molecule has 4 heteroatoms. The monoisotopic (exact) mass is 382 g/mol. The van der Waals surface area contributed by atoms with Gasteiger partial charge in [-0.1, -0.05) is 63.1 Å². The van der Waals surface area contributed by atoms with Crippen molar-refractivity contribution in [3.63, 3.8) is 0 Å². The maximum atomic E-state index is 11.2. The topological polar surface area (TPSA) is 55.8 Å². The van der Waals surface area contributed by atoms with E-state index in [4.69, 9.17) is 9.47 Å². The minimum atomic E-state index is -0.917. The molecule has 1 N–H and O–H groups in total. The van der Waals surface area contributed by atoms with Crippen molar-refractivity contribution >= 4 is 12.0 Å². The van der Waals surface area contributed by atoms with Gasteiger partial charge >= 0.3 is 5.97 Å². The van der Waals surface area contributed by atoms with Crippen LogP contribution in [0, 0.1) is 0 Å². The van der Waals surface area contributed by atoms with Gasteiger partial charge in [-0.15, -0.1) is 0 Å². The van der Waals surface area contributed by atoms with Crippen LogP contribution in [0.2, 0.25) is 0 Å². The Morgan fingerprint density at radius 1 is 1.07 bits per heavy atom. The van der Waals surface area contributed by atoms with Crippen molar-refractivity contribution in [3.8, 4) is 11.5 Å². The van der Waals surface area contributed by atoms with Gasteiger partial charge in [0.05, 0.1) is 6.61 Å². The number of aryl methyl sites for hydroxylation is 1. The Kier molecular flexibility index (Phi) is 9.13. The Bertz CT molecular complexity index is 780. The number of hydrogen-bond donors (Lipinski definition) is 1. The van der Waals surface area contributed by atoms with Gasteiger partial charge in [0.15, 0.2) is 0 Å². The number of carboxylic acid groups (broad SMARTS) is 1. The summed E-state index contributed by atoms with van der Waals surface area (Å²) in [6, 6.07) is 13.4. The Hall–Kier alpha value is -2.75. The molecule has 0 saturated carbocycles.